The molecule has 1 aromatic heterocycles. The molecule has 0 atom stereocenters. The largest absolute Gasteiger partial charge is 0.493 e. The van der Waals surface area contributed by atoms with Crippen molar-refractivity contribution >= 4 is 17.5 Å². The summed E-state index contributed by atoms with van der Waals surface area (Å²) >= 11 is 0. The number of methoxy groups -OCH3 is 1. The van der Waals surface area contributed by atoms with Gasteiger partial charge < -0.3 is 29.7 Å². The first-order valence-electron chi connectivity index (χ1n) is 10.3. The molecule has 29 heavy (non-hydrogen) atoms. The Balaban J connectivity index is 1.34. The summed E-state index contributed by atoms with van der Waals surface area (Å²) in [5.74, 6) is 2.75. The zero-order valence-corrected chi connectivity index (χ0v) is 16.9. The van der Waals surface area contributed by atoms with Gasteiger partial charge in [-0.25, -0.2) is 4.98 Å². The van der Waals surface area contributed by atoms with Gasteiger partial charge in [0.25, 0.3) is 0 Å². The predicted molar refractivity (Wildman–Crippen MR) is 112 cm³/mol. The topological polar surface area (TPSA) is 80.8 Å². The number of likely N-dealkylation sites (tertiary alicyclic amines) is 1. The molecule has 3 heterocycles. The highest BCUT2D eigenvalue weighted by Gasteiger charge is 2.18. The molecule has 0 radical (unpaired) electrons. The molecular formula is C21H29N5O3. The third-order valence-corrected chi connectivity index (χ3v) is 5.14. The van der Waals surface area contributed by atoms with Crippen LogP contribution >= 0.6 is 0 Å². The van der Waals surface area contributed by atoms with E-state index in [4.69, 9.17) is 14.2 Å². The molecule has 1 aromatic carbocycles. The molecule has 2 saturated heterocycles. The van der Waals surface area contributed by atoms with Crippen molar-refractivity contribution in [1.29, 1.82) is 0 Å². The summed E-state index contributed by atoms with van der Waals surface area (Å²) in [5, 5.41) is 6.57. The number of rotatable bonds is 10. The second-order valence-electron chi connectivity index (χ2n) is 7.39. The van der Waals surface area contributed by atoms with Crippen LogP contribution in [0, 0.1) is 0 Å². The first-order chi connectivity index (χ1) is 14.3. The standard InChI is InChI=1S/C21H29N5O3/c1-27-18-6-5-16(13-19(18)29-12-4-11-26-9-2-3-10-26)24-21-22-8-7-20(25-21)23-17-14-28-15-17/h5-8,13,17H,2-4,9-12,14-15H2,1H3,(H2,22,23,24,25). The molecule has 2 aliphatic heterocycles. The fourth-order valence-electron chi connectivity index (χ4n) is 3.50. The van der Waals surface area contributed by atoms with Gasteiger partial charge in [-0.1, -0.05) is 0 Å². The van der Waals surface area contributed by atoms with Crippen molar-refractivity contribution in [1.82, 2.24) is 14.9 Å². The highest BCUT2D eigenvalue weighted by molar-refractivity contribution is 5.60. The van der Waals surface area contributed by atoms with Crippen molar-refractivity contribution in [2.75, 3.05) is 57.2 Å². The maximum Gasteiger partial charge on any atom is 0.229 e. The van der Waals surface area contributed by atoms with Gasteiger partial charge in [0.15, 0.2) is 11.5 Å². The van der Waals surface area contributed by atoms with E-state index >= 15 is 0 Å². The van der Waals surface area contributed by atoms with E-state index < -0.39 is 0 Å². The average molecular weight is 399 g/mol. The lowest BCUT2D eigenvalue weighted by atomic mass is 10.2. The first-order valence-corrected chi connectivity index (χ1v) is 10.3. The van der Waals surface area contributed by atoms with Crippen molar-refractivity contribution in [2.45, 2.75) is 25.3 Å². The van der Waals surface area contributed by atoms with Crippen LogP contribution in [0.15, 0.2) is 30.5 Å². The summed E-state index contributed by atoms with van der Waals surface area (Å²) in [6.07, 6.45) is 5.37. The van der Waals surface area contributed by atoms with E-state index in [2.05, 4.69) is 25.5 Å². The maximum atomic E-state index is 6.01. The molecule has 0 unspecified atom stereocenters. The van der Waals surface area contributed by atoms with Crippen molar-refractivity contribution in [3.63, 3.8) is 0 Å². The third kappa shape index (κ3) is 5.48. The monoisotopic (exact) mass is 399 g/mol. The molecule has 0 spiro atoms. The molecule has 8 heteroatoms. The lowest BCUT2D eigenvalue weighted by Gasteiger charge is -2.27. The second-order valence-corrected chi connectivity index (χ2v) is 7.39. The minimum atomic E-state index is 0.319. The number of nitrogens with one attached hydrogen (secondary N) is 2. The molecule has 8 nitrogen and oxygen atoms in total. The van der Waals surface area contributed by atoms with E-state index in [1.807, 2.05) is 24.3 Å². The van der Waals surface area contributed by atoms with E-state index in [1.165, 1.54) is 25.9 Å². The van der Waals surface area contributed by atoms with Gasteiger partial charge in [-0.15, -0.1) is 0 Å². The van der Waals surface area contributed by atoms with Gasteiger partial charge in [-0.05, 0) is 50.6 Å². The lowest BCUT2D eigenvalue weighted by molar-refractivity contribution is 0.0209. The normalized spacial score (nSPS) is 17.0. The molecular weight excluding hydrogens is 370 g/mol. The van der Waals surface area contributed by atoms with E-state index in [-0.39, 0.29) is 0 Å². The van der Waals surface area contributed by atoms with E-state index in [1.54, 1.807) is 13.3 Å². The highest BCUT2D eigenvalue weighted by Crippen LogP contribution is 2.31. The molecule has 2 fully saturated rings. The summed E-state index contributed by atoms with van der Waals surface area (Å²) in [5.41, 5.74) is 0.851. The number of nitrogens with zero attached hydrogens (tertiary/aromatic N) is 3. The van der Waals surface area contributed by atoms with Crippen molar-refractivity contribution < 1.29 is 14.2 Å². The predicted octanol–water partition coefficient (Wildman–Crippen LogP) is 2.90. The van der Waals surface area contributed by atoms with Crippen LogP contribution in [-0.2, 0) is 4.74 Å². The Morgan fingerprint density at radius 1 is 1.17 bits per heavy atom. The summed E-state index contributed by atoms with van der Waals surface area (Å²) in [4.78, 5) is 11.3. The summed E-state index contributed by atoms with van der Waals surface area (Å²) in [7, 11) is 1.65. The van der Waals surface area contributed by atoms with Crippen LogP contribution in [0.4, 0.5) is 17.5 Å². The molecule has 2 aromatic rings. The minimum Gasteiger partial charge on any atom is -0.493 e. The Hall–Kier alpha value is -2.58. The second kappa shape index (κ2) is 9.76. The molecule has 0 amide bonds. The van der Waals surface area contributed by atoms with Crippen LogP contribution in [-0.4, -0.2) is 67.5 Å². The fraction of sp³-hybridized carbons (Fsp3) is 0.524. The molecule has 2 aliphatic rings. The maximum absolute atomic E-state index is 6.01. The zero-order chi connectivity index (χ0) is 19.9. The summed E-state index contributed by atoms with van der Waals surface area (Å²) < 4.78 is 16.6. The third-order valence-electron chi connectivity index (χ3n) is 5.14. The van der Waals surface area contributed by atoms with E-state index in [0.717, 1.165) is 36.0 Å². The lowest BCUT2D eigenvalue weighted by Crippen LogP contribution is -2.40. The van der Waals surface area contributed by atoms with Gasteiger partial charge in [0.1, 0.15) is 5.82 Å². The number of ether oxygens (including phenoxy) is 3. The number of anilines is 3. The molecule has 0 bridgehead atoms. The molecule has 156 valence electrons. The van der Waals surface area contributed by atoms with Crippen LogP contribution in [0.2, 0.25) is 0 Å². The van der Waals surface area contributed by atoms with Crippen LogP contribution < -0.4 is 20.1 Å². The first kappa shape index (κ1) is 19.7. The molecule has 0 aliphatic carbocycles. The molecule has 4 rings (SSSR count). The van der Waals surface area contributed by atoms with E-state index in [0.29, 0.717) is 31.8 Å². The van der Waals surface area contributed by atoms with Gasteiger partial charge in [-0.3, -0.25) is 0 Å². The quantitative estimate of drug-likeness (QED) is 0.591. The Morgan fingerprint density at radius 2 is 2.03 bits per heavy atom. The van der Waals surface area contributed by atoms with Crippen molar-refractivity contribution in [2.24, 2.45) is 0 Å². The highest BCUT2D eigenvalue weighted by atomic mass is 16.5. The smallest absolute Gasteiger partial charge is 0.229 e. The Labute approximate surface area is 171 Å². The number of benzene rings is 1. The van der Waals surface area contributed by atoms with E-state index in [9.17, 15) is 0 Å². The number of hydrogen-bond donors (Lipinski definition) is 2. The van der Waals surface area contributed by atoms with Crippen LogP contribution in [0.3, 0.4) is 0 Å². The number of hydrogen-bond acceptors (Lipinski definition) is 8. The van der Waals surface area contributed by atoms with Crippen LogP contribution in [0.1, 0.15) is 19.3 Å². The van der Waals surface area contributed by atoms with Crippen LogP contribution in [0.5, 0.6) is 11.5 Å². The SMILES string of the molecule is COc1ccc(Nc2nccc(NC3COC3)n2)cc1OCCCN1CCCC1. The van der Waals surface area contributed by atoms with Crippen LogP contribution in [0.25, 0.3) is 0 Å². The van der Waals surface area contributed by atoms with Gasteiger partial charge >= 0.3 is 0 Å². The average Bonchev–Trinajstić information content (AvgIpc) is 3.22. The Morgan fingerprint density at radius 3 is 2.79 bits per heavy atom. The number of aromatic nitrogens is 2. The minimum absolute atomic E-state index is 0.319. The summed E-state index contributed by atoms with van der Waals surface area (Å²) in [6, 6.07) is 7.93. The Bertz CT molecular complexity index is 794. The zero-order valence-electron chi connectivity index (χ0n) is 16.9. The van der Waals surface area contributed by atoms with Crippen molar-refractivity contribution in [3.8, 4) is 11.5 Å². The molecule has 2 N–H and O–H groups in total. The Kier molecular flexibility index (Phi) is 6.63. The summed E-state index contributed by atoms with van der Waals surface area (Å²) in [6.45, 7) is 5.60. The van der Waals surface area contributed by atoms with Gasteiger partial charge in [0, 0.05) is 24.5 Å². The van der Waals surface area contributed by atoms with Gasteiger partial charge in [0.05, 0.1) is 33.0 Å². The fourth-order valence-corrected chi connectivity index (χ4v) is 3.50. The molecule has 0 saturated carbocycles. The van der Waals surface area contributed by atoms with Gasteiger partial charge in [0.2, 0.25) is 5.95 Å². The van der Waals surface area contributed by atoms with Crippen molar-refractivity contribution in [3.05, 3.63) is 30.5 Å². The van der Waals surface area contributed by atoms with Gasteiger partial charge in [-0.2, -0.15) is 4.98 Å².